The predicted molar refractivity (Wildman–Crippen MR) is 54.5 cm³/mol. The summed E-state index contributed by atoms with van der Waals surface area (Å²) in [7, 11) is 0. The Morgan fingerprint density at radius 2 is 2.12 bits per heavy atom. The third-order valence-corrected chi connectivity index (χ3v) is 2.01. The van der Waals surface area contributed by atoms with Crippen LogP contribution in [0.1, 0.15) is 5.56 Å². The first kappa shape index (κ1) is 13.3. The molecule has 1 aromatic heterocycles. The molecule has 1 N–H and O–H groups in total. The second-order valence-electron chi connectivity index (χ2n) is 3.52. The molecule has 0 spiro atoms. The van der Waals surface area contributed by atoms with Gasteiger partial charge in [0.1, 0.15) is 13.1 Å². The maximum absolute atomic E-state index is 11.8. The Hall–Kier alpha value is -1.79. The summed E-state index contributed by atoms with van der Waals surface area (Å²) in [6.07, 6.45) is -3.10. The number of alkyl halides is 3. The van der Waals surface area contributed by atoms with Crippen LogP contribution in [0.4, 0.5) is 13.2 Å². The zero-order valence-corrected chi connectivity index (χ0v) is 9.04. The number of aromatic nitrogens is 1. The maximum Gasteiger partial charge on any atom is 0.405 e. The number of amides is 1. The molecule has 0 saturated carbocycles. The van der Waals surface area contributed by atoms with Crippen LogP contribution < -0.4 is 10.9 Å². The number of nitrogens with one attached hydrogen (secondary N) is 1. The number of nitrogens with zero attached hydrogens (tertiary/aromatic N) is 1. The van der Waals surface area contributed by atoms with Gasteiger partial charge >= 0.3 is 6.18 Å². The minimum absolute atomic E-state index is 0.394. The summed E-state index contributed by atoms with van der Waals surface area (Å²) in [5.41, 5.74) is 0.0331. The van der Waals surface area contributed by atoms with Crippen molar-refractivity contribution >= 4 is 5.91 Å². The van der Waals surface area contributed by atoms with Gasteiger partial charge in [-0.3, -0.25) is 9.59 Å². The van der Waals surface area contributed by atoms with Gasteiger partial charge in [-0.05, 0) is 13.0 Å². The van der Waals surface area contributed by atoms with E-state index in [4.69, 9.17) is 0 Å². The number of aryl methyl sites for hydroxylation is 1. The fraction of sp³-hybridized carbons (Fsp3) is 0.400. The summed E-state index contributed by atoms with van der Waals surface area (Å²) in [6, 6.07) is 3.11. The molecule has 17 heavy (non-hydrogen) atoms. The average molecular weight is 248 g/mol. The van der Waals surface area contributed by atoms with Crippen molar-refractivity contribution in [2.24, 2.45) is 0 Å². The fourth-order valence-corrected chi connectivity index (χ4v) is 1.19. The van der Waals surface area contributed by atoms with Gasteiger partial charge in [-0.1, -0.05) is 6.07 Å². The van der Waals surface area contributed by atoms with Crippen LogP contribution in [-0.4, -0.2) is 23.2 Å². The van der Waals surface area contributed by atoms with E-state index in [0.29, 0.717) is 5.56 Å². The molecule has 1 heterocycles. The second-order valence-corrected chi connectivity index (χ2v) is 3.52. The smallest absolute Gasteiger partial charge is 0.345 e. The SMILES string of the molecule is Cc1cccn(CC(=O)NCC(F)(F)F)c1=O. The van der Waals surface area contributed by atoms with Crippen molar-refractivity contribution in [3.05, 3.63) is 34.2 Å². The van der Waals surface area contributed by atoms with Crippen molar-refractivity contribution in [2.45, 2.75) is 19.6 Å². The summed E-state index contributed by atoms with van der Waals surface area (Å²) in [4.78, 5) is 22.6. The molecule has 1 aromatic rings. The molecule has 0 atom stereocenters. The lowest BCUT2D eigenvalue weighted by Gasteiger charge is -2.09. The van der Waals surface area contributed by atoms with Crippen LogP contribution in [-0.2, 0) is 11.3 Å². The molecule has 0 aromatic carbocycles. The zero-order chi connectivity index (χ0) is 13.1. The molecular weight excluding hydrogens is 237 g/mol. The summed E-state index contributed by atoms with van der Waals surface area (Å²) >= 11 is 0. The lowest BCUT2D eigenvalue weighted by atomic mass is 10.3. The van der Waals surface area contributed by atoms with Crippen molar-refractivity contribution in [3.8, 4) is 0 Å². The van der Waals surface area contributed by atoms with Crippen LogP contribution in [0.3, 0.4) is 0 Å². The summed E-state index contributed by atoms with van der Waals surface area (Å²) in [5, 5.41) is 1.69. The molecule has 1 amide bonds. The zero-order valence-electron chi connectivity index (χ0n) is 9.04. The number of pyridine rings is 1. The van der Waals surface area contributed by atoms with Gasteiger partial charge in [0, 0.05) is 11.8 Å². The highest BCUT2D eigenvalue weighted by molar-refractivity contribution is 5.75. The largest absolute Gasteiger partial charge is 0.405 e. The van der Waals surface area contributed by atoms with Gasteiger partial charge in [0.05, 0.1) is 0 Å². The monoisotopic (exact) mass is 248 g/mol. The number of hydrogen-bond acceptors (Lipinski definition) is 2. The number of halogens is 3. The molecule has 0 aliphatic carbocycles. The minimum atomic E-state index is -4.45. The topological polar surface area (TPSA) is 51.1 Å². The highest BCUT2D eigenvalue weighted by Gasteiger charge is 2.27. The van der Waals surface area contributed by atoms with E-state index in [1.54, 1.807) is 24.4 Å². The Labute approximate surface area is 95.1 Å². The van der Waals surface area contributed by atoms with Crippen molar-refractivity contribution in [1.82, 2.24) is 9.88 Å². The Bertz CT molecular complexity index is 465. The molecule has 0 fully saturated rings. The van der Waals surface area contributed by atoms with E-state index in [0.717, 1.165) is 4.57 Å². The van der Waals surface area contributed by atoms with E-state index in [1.165, 1.54) is 6.20 Å². The quantitative estimate of drug-likeness (QED) is 0.861. The lowest BCUT2D eigenvalue weighted by Crippen LogP contribution is -2.37. The van der Waals surface area contributed by atoms with Crippen LogP contribution in [0.15, 0.2) is 23.1 Å². The third-order valence-electron chi connectivity index (χ3n) is 2.01. The van der Waals surface area contributed by atoms with Gasteiger partial charge in [0.15, 0.2) is 0 Å². The normalized spacial score (nSPS) is 11.3. The standard InChI is InChI=1S/C10H11F3N2O2/c1-7-3-2-4-15(9(7)17)5-8(16)14-6-10(11,12)13/h2-4H,5-6H2,1H3,(H,14,16). The number of carbonyl (C=O) groups excluding carboxylic acids is 1. The van der Waals surface area contributed by atoms with E-state index >= 15 is 0 Å². The average Bonchev–Trinajstić information content (AvgIpc) is 2.21. The van der Waals surface area contributed by atoms with Crippen molar-refractivity contribution < 1.29 is 18.0 Å². The number of hydrogen-bond donors (Lipinski definition) is 1. The number of rotatable bonds is 3. The predicted octanol–water partition coefficient (Wildman–Crippen LogP) is 0.835. The molecule has 1 rings (SSSR count). The van der Waals surface area contributed by atoms with Gasteiger partial charge < -0.3 is 9.88 Å². The molecule has 0 saturated heterocycles. The lowest BCUT2D eigenvalue weighted by molar-refractivity contribution is -0.138. The first-order valence-corrected chi connectivity index (χ1v) is 4.79. The van der Waals surface area contributed by atoms with Crippen molar-refractivity contribution in [3.63, 3.8) is 0 Å². The van der Waals surface area contributed by atoms with Crippen molar-refractivity contribution in [2.75, 3.05) is 6.54 Å². The Morgan fingerprint density at radius 3 is 2.71 bits per heavy atom. The molecular formula is C10H11F3N2O2. The summed E-state index contributed by atoms with van der Waals surface area (Å²) < 4.78 is 36.5. The molecule has 94 valence electrons. The summed E-state index contributed by atoms with van der Waals surface area (Å²) in [6.45, 7) is -0.255. The Kier molecular flexibility index (Phi) is 3.93. The van der Waals surface area contributed by atoms with Gasteiger partial charge in [0.25, 0.3) is 5.56 Å². The minimum Gasteiger partial charge on any atom is -0.345 e. The fourth-order valence-electron chi connectivity index (χ4n) is 1.19. The molecule has 0 unspecified atom stereocenters. The highest BCUT2D eigenvalue weighted by atomic mass is 19.4. The first-order chi connectivity index (χ1) is 7.79. The molecule has 4 nitrogen and oxygen atoms in total. The van der Waals surface area contributed by atoms with E-state index in [2.05, 4.69) is 0 Å². The van der Waals surface area contributed by atoms with E-state index < -0.39 is 30.7 Å². The molecule has 0 bridgehead atoms. The van der Waals surface area contributed by atoms with Crippen LogP contribution in [0.5, 0.6) is 0 Å². The molecule has 0 aliphatic heterocycles. The van der Waals surface area contributed by atoms with Crippen LogP contribution in [0.2, 0.25) is 0 Å². The molecule has 0 radical (unpaired) electrons. The van der Waals surface area contributed by atoms with Crippen molar-refractivity contribution in [1.29, 1.82) is 0 Å². The van der Waals surface area contributed by atoms with Gasteiger partial charge in [-0.15, -0.1) is 0 Å². The second kappa shape index (κ2) is 5.03. The Morgan fingerprint density at radius 1 is 1.47 bits per heavy atom. The van der Waals surface area contributed by atoms with Gasteiger partial charge in [-0.25, -0.2) is 0 Å². The van der Waals surface area contributed by atoms with E-state index in [9.17, 15) is 22.8 Å². The Balaban J connectivity index is 2.63. The van der Waals surface area contributed by atoms with Crippen LogP contribution in [0, 0.1) is 6.92 Å². The molecule has 7 heteroatoms. The third kappa shape index (κ3) is 4.29. The van der Waals surface area contributed by atoms with Crippen LogP contribution in [0.25, 0.3) is 0 Å². The first-order valence-electron chi connectivity index (χ1n) is 4.79. The molecule has 0 aliphatic rings. The van der Waals surface area contributed by atoms with Gasteiger partial charge in [-0.2, -0.15) is 13.2 Å². The number of carbonyl (C=O) groups is 1. The summed E-state index contributed by atoms with van der Waals surface area (Å²) in [5.74, 6) is -0.852. The van der Waals surface area contributed by atoms with Crippen LogP contribution >= 0.6 is 0 Å². The van der Waals surface area contributed by atoms with Gasteiger partial charge in [0.2, 0.25) is 5.91 Å². The van der Waals surface area contributed by atoms with E-state index in [1.807, 2.05) is 0 Å². The highest BCUT2D eigenvalue weighted by Crippen LogP contribution is 2.11. The van der Waals surface area contributed by atoms with E-state index in [-0.39, 0.29) is 0 Å². The maximum atomic E-state index is 11.8.